The van der Waals surface area contributed by atoms with Crippen molar-refractivity contribution in [2.24, 2.45) is 5.92 Å². The van der Waals surface area contributed by atoms with Crippen molar-refractivity contribution in [1.29, 1.82) is 0 Å². The smallest absolute Gasteiger partial charge is 0.242 e. The minimum atomic E-state index is -3.77. The van der Waals surface area contributed by atoms with Gasteiger partial charge in [-0.25, -0.2) is 17.5 Å². The summed E-state index contributed by atoms with van der Waals surface area (Å²) < 4.78 is 40.9. The van der Waals surface area contributed by atoms with Crippen LogP contribution < -0.4 is 10.5 Å². The average molecular weight is 300 g/mol. The standard InChI is InChI=1S/C14H21FN2O2S/c1-2-10-6-3-4-8-12(10)17-20(18,19)13-9-5-7-11(15)14(13)16/h5,7,9-10,12,17H,2-4,6,8,16H2,1H3. The van der Waals surface area contributed by atoms with Gasteiger partial charge in [0.25, 0.3) is 0 Å². The molecule has 1 fully saturated rings. The maximum absolute atomic E-state index is 13.4. The fourth-order valence-corrected chi connectivity index (χ4v) is 4.35. The summed E-state index contributed by atoms with van der Waals surface area (Å²) in [5.41, 5.74) is 5.23. The normalized spacial score (nSPS) is 23.7. The van der Waals surface area contributed by atoms with E-state index in [1.807, 2.05) is 0 Å². The zero-order valence-corrected chi connectivity index (χ0v) is 12.4. The first-order chi connectivity index (χ1) is 9.45. The molecule has 0 radical (unpaired) electrons. The minimum absolute atomic E-state index is 0.0820. The molecule has 2 rings (SSSR count). The number of sulfonamides is 1. The molecule has 20 heavy (non-hydrogen) atoms. The number of nitrogens with one attached hydrogen (secondary N) is 1. The molecule has 112 valence electrons. The molecule has 0 amide bonds. The highest BCUT2D eigenvalue weighted by atomic mass is 32.2. The van der Waals surface area contributed by atoms with Crippen molar-refractivity contribution < 1.29 is 12.8 Å². The summed E-state index contributed by atoms with van der Waals surface area (Å²) in [7, 11) is -3.77. The Balaban J connectivity index is 2.24. The molecule has 0 spiro atoms. The van der Waals surface area contributed by atoms with Crippen LogP contribution in [0.4, 0.5) is 10.1 Å². The quantitative estimate of drug-likeness (QED) is 0.840. The average Bonchev–Trinajstić information content (AvgIpc) is 2.42. The Kier molecular flexibility index (Phi) is 4.65. The molecule has 0 saturated heterocycles. The topological polar surface area (TPSA) is 72.2 Å². The van der Waals surface area contributed by atoms with Crippen molar-refractivity contribution >= 4 is 15.7 Å². The summed E-state index contributed by atoms with van der Waals surface area (Å²) in [6.45, 7) is 2.06. The van der Waals surface area contributed by atoms with E-state index >= 15 is 0 Å². The fourth-order valence-electron chi connectivity index (χ4n) is 2.87. The summed E-state index contributed by atoms with van der Waals surface area (Å²) in [4.78, 5) is -0.169. The van der Waals surface area contributed by atoms with Gasteiger partial charge in [-0.05, 0) is 30.9 Å². The number of hydrogen-bond acceptors (Lipinski definition) is 3. The first-order valence-electron chi connectivity index (χ1n) is 7.02. The molecule has 3 N–H and O–H groups in total. The Morgan fingerprint density at radius 3 is 2.75 bits per heavy atom. The highest BCUT2D eigenvalue weighted by molar-refractivity contribution is 7.89. The van der Waals surface area contributed by atoms with Crippen LogP contribution in [0, 0.1) is 11.7 Å². The van der Waals surface area contributed by atoms with E-state index in [0.29, 0.717) is 5.92 Å². The zero-order chi connectivity index (χ0) is 14.8. The Bertz CT molecular complexity index is 575. The molecule has 2 atom stereocenters. The summed E-state index contributed by atoms with van der Waals surface area (Å²) in [6.07, 6.45) is 4.95. The van der Waals surface area contributed by atoms with Gasteiger partial charge in [-0.1, -0.05) is 32.3 Å². The molecule has 0 bridgehead atoms. The number of halogens is 1. The molecule has 0 aromatic heterocycles. The van der Waals surface area contributed by atoms with E-state index in [-0.39, 0.29) is 16.6 Å². The van der Waals surface area contributed by atoms with Crippen LogP contribution in [-0.2, 0) is 10.0 Å². The van der Waals surface area contributed by atoms with Gasteiger partial charge in [0, 0.05) is 6.04 Å². The van der Waals surface area contributed by atoms with Crippen LogP contribution in [0.2, 0.25) is 0 Å². The summed E-state index contributed by atoms with van der Waals surface area (Å²) >= 11 is 0. The summed E-state index contributed by atoms with van der Waals surface area (Å²) in [6, 6.07) is 3.77. The second kappa shape index (κ2) is 6.10. The lowest BCUT2D eigenvalue weighted by molar-refractivity contribution is 0.282. The van der Waals surface area contributed by atoms with Crippen LogP contribution in [0.1, 0.15) is 39.0 Å². The van der Waals surface area contributed by atoms with E-state index in [9.17, 15) is 12.8 Å². The molecular weight excluding hydrogens is 279 g/mol. The largest absolute Gasteiger partial charge is 0.395 e. The second-order valence-corrected chi connectivity index (χ2v) is 7.01. The van der Waals surface area contributed by atoms with Gasteiger partial charge in [0.05, 0.1) is 5.69 Å². The van der Waals surface area contributed by atoms with E-state index in [2.05, 4.69) is 11.6 Å². The molecular formula is C14H21FN2O2S. The third kappa shape index (κ3) is 3.12. The van der Waals surface area contributed by atoms with Crippen LogP contribution in [0.5, 0.6) is 0 Å². The molecule has 4 nitrogen and oxygen atoms in total. The molecule has 0 aliphatic heterocycles. The molecule has 6 heteroatoms. The zero-order valence-electron chi connectivity index (χ0n) is 11.6. The third-order valence-electron chi connectivity index (χ3n) is 4.04. The van der Waals surface area contributed by atoms with E-state index < -0.39 is 15.8 Å². The van der Waals surface area contributed by atoms with Gasteiger partial charge in [-0.3, -0.25) is 0 Å². The van der Waals surface area contributed by atoms with E-state index in [1.165, 1.54) is 12.1 Å². The predicted molar refractivity (Wildman–Crippen MR) is 77.2 cm³/mol. The van der Waals surface area contributed by atoms with Gasteiger partial charge in [0.15, 0.2) is 0 Å². The first-order valence-corrected chi connectivity index (χ1v) is 8.50. The maximum atomic E-state index is 13.4. The Labute approximate surface area is 119 Å². The molecule has 1 aliphatic carbocycles. The van der Waals surface area contributed by atoms with Gasteiger partial charge < -0.3 is 5.73 Å². The van der Waals surface area contributed by atoms with Gasteiger partial charge >= 0.3 is 0 Å². The summed E-state index contributed by atoms with van der Waals surface area (Å²) in [5.74, 6) is -0.364. The monoisotopic (exact) mass is 300 g/mol. The summed E-state index contributed by atoms with van der Waals surface area (Å²) in [5, 5.41) is 0. The van der Waals surface area contributed by atoms with Crippen molar-refractivity contribution in [1.82, 2.24) is 4.72 Å². The van der Waals surface area contributed by atoms with Gasteiger partial charge in [0.1, 0.15) is 10.7 Å². The highest BCUT2D eigenvalue weighted by Crippen LogP contribution is 2.29. The maximum Gasteiger partial charge on any atom is 0.242 e. The number of para-hydroxylation sites is 1. The number of benzene rings is 1. The lowest BCUT2D eigenvalue weighted by Gasteiger charge is -2.31. The lowest BCUT2D eigenvalue weighted by atomic mass is 9.83. The first kappa shape index (κ1) is 15.3. The number of hydrogen-bond donors (Lipinski definition) is 2. The van der Waals surface area contributed by atoms with Crippen molar-refractivity contribution in [2.45, 2.75) is 50.0 Å². The lowest BCUT2D eigenvalue weighted by Crippen LogP contribution is -2.42. The second-order valence-electron chi connectivity index (χ2n) is 5.33. The van der Waals surface area contributed by atoms with Crippen LogP contribution >= 0.6 is 0 Å². The SMILES string of the molecule is CCC1CCCCC1NS(=O)(=O)c1cccc(F)c1N. The third-order valence-corrected chi connectivity index (χ3v) is 5.59. The molecule has 0 heterocycles. The van der Waals surface area contributed by atoms with Crippen molar-refractivity contribution in [3.05, 3.63) is 24.0 Å². The van der Waals surface area contributed by atoms with Crippen LogP contribution in [0.3, 0.4) is 0 Å². The van der Waals surface area contributed by atoms with Crippen molar-refractivity contribution in [3.63, 3.8) is 0 Å². The predicted octanol–water partition coefficient (Wildman–Crippen LogP) is 2.66. The molecule has 1 aromatic carbocycles. The highest BCUT2D eigenvalue weighted by Gasteiger charge is 2.29. The van der Waals surface area contributed by atoms with Crippen LogP contribution in [0.25, 0.3) is 0 Å². The molecule has 1 saturated carbocycles. The van der Waals surface area contributed by atoms with Gasteiger partial charge in [-0.2, -0.15) is 0 Å². The Morgan fingerprint density at radius 1 is 1.35 bits per heavy atom. The molecule has 2 unspecified atom stereocenters. The number of nitrogens with two attached hydrogens (primary N) is 1. The number of nitrogen functional groups attached to an aromatic ring is 1. The Morgan fingerprint density at radius 2 is 2.05 bits per heavy atom. The van der Waals surface area contributed by atoms with Gasteiger partial charge in [0.2, 0.25) is 10.0 Å². The van der Waals surface area contributed by atoms with Crippen molar-refractivity contribution in [3.8, 4) is 0 Å². The van der Waals surface area contributed by atoms with E-state index in [1.54, 1.807) is 0 Å². The van der Waals surface area contributed by atoms with E-state index in [4.69, 9.17) is 5.73 Å². The Hall–Kier alpha value is -1.14. The minimum Gasteiger partial charge on any atom is -0.395 e. The van der Waals surface area contributed by atoms with Gasteiger partial charge in [-0.15, -0.1) is 0 Å². The molecule has 1 aliphatic rings. The number of anilines is 1. The van der Waals surface area contributed by atoms with Crippen LogP contribution in [0.15, 0.2) is 23.1 Å². The van der Waals surface area contributed by atoms with Crippen LogP contribution in [-0.4, -0.2) is 14.5 Å². The fraction of sp³-hybridized carbons (Fsp3) is 0.571. The van der Waals surface area contributed by atoms with E-state index in [0.717, 1.165) is 38.2 Å². The number of rotatable bonds is 4. The van der Waals surface area contributed by atoms with Crippen molar-refractivity contribution in [2.75, 3.05) is 5.73 Å². The molecule has 1 aromatic rings.